The van der Waals surface area contributed by atoms with Crippen molar-refractivity contribution >= 4 is 183 Å². The number of hydrogen-bond acceptors (Lipinski definition) is 17. The number of amidine groups is 4. The van der Waals surface area contributed by atoms with Crippen molar-refractivity contribution in [1.29, 1.82) is 21.6 Å². The van der Waals surface area contributed by atoms with Crippen molar-refractivity contribution in [3.63, 3.8) is 0 Å². The van der Waals surface area contributed by atoms with Gasteiger partial charge in [0.1, 0.15) is 75.6 Å². The minimum atomic E-state index is -0.795. The third-order valence-corrected chi connectivity index (χ3v) is 19.3. The van der Waals surface area contributed by atoms with Crippen LogP contribution in [0.4, 0.5) is 63.6 Å². The molecule has 12 aromatic rings. The van der Waals surface area contributed by atoms with Crippen LogP contribution in [0.2, 0.25) is 15.1 Å². The third-order valence-electron chi connectivity index (χ3n) is 17.6. The summed E-state index contributed by atoms with van der Waals surface area (Å²) in [7, 11) is 15.0. The molecule has 0 aliphatic carbocycles. The summed E-state index contributed by atoms with van der Waals surface area (Å²) in [6.07, 6.45) is 5.82. The molecule has 12 rings (SSSR count). The van der Waals surface area contributed by atoms with Gasteiger partial charge in [0.15, 0.2) is 0 Å². The summed E-state index contributed by atoms with van der Waals surface area (Å²) in [5.74, 6) is -5.70. The number of hydrogen-bond donors (Lipinski definition) is 12. The monoisotopic (exact) mass is 1910 g/mol. The minimum Gasteiger partial charge on any atom is -0.497 e. The lowest BCUT2D eigenvalue weighted by Gasteiger charge is -2.15. The number of ether oxygens (including phenoxy) is 1. The summed E-state index contributed by atoms with van der Waals surface area (Å²) < 4.78 is 64.2. The highest BCUT2D eigenvalue weighted by Crippen LogP contribution is 2.30. The maximum absolute atomic E-state index is 14.6. The molecule has 0 aliphatic heterocycles. The number of methoxy groups -OCH3 is 1. The fraction of sp³-hybridized carbons (Fsp3) is 0.101. The van der Waals surface area contributed by atoms with Gasteiger partial charge in [-0.1, -0.05) is 77.3 Å². The van der Waals surface area contributed by atoms with Crippen LogP contribution in [0.1, 0.15) is 105 Å². The predicted octanol–water partition coefficient (Wildman–Crippen LogP) is 17.9. The van der Waals surface area contributed by atoms with Crippen LogP contribution in [0.3, 0.4) is 0 Å². The second-order valence-electron chi connectivity index (χ2n) is 27.5. The van der Waals surface area contributed by atoms with E-state index >= 15 is 0 Å². The van der Waals surface area contributed by atoms with Crippen molar-refractivity contribution in [3.05, 3.63) is 345 Å². The Morgan fingerprint density at radius 2 is 0.614 bits per heavy atom. The molecule has 0 bridgehead atoms. The summed E-state index contributed by atoms with van der Waals surface area (Å²) in [5.41, 5.74) is 2.32. The van der Waals surface area contributed by atoms with E-state index in [1.807, 2.05) is 0 Å². The molecule has 0 unspecified atom stereocenters. The molecule has 8 amide bonds. The quantitative estimate of drug-likeness (QED) is 0.0181. The van der Waals surface area contributed by atoms with Crippen molar-refractivity contribution in [1.82, 2.24) is 39.5 Å². The van der Waals surface area contributed by atoms with Crippen LogP contribution >= 0.6 is 66.7 Å². The summed E-state index contributed by atoms with van der Waals surface area (Å²) in [6, 6.07) is 49.8. The van der Waals surface area contributed by atoms with Crippen LogP contribution in [0, 0.1) is 44.9 Å². The van der Waals surface area contributed by atoms with E-state index < -0.39 is 70.5 Å². The normalized spacial score (nSPS) is 10.3. The molecule has 0 saturated heterocycles. The number of pyridine rings is 4. The molecule has 0 spiro atoms. The van der Waals surface area contributed by atoms with Gasteiger partial charge in [0.2, 0.25) is 0 Å². The van der Waals surface area contributed by atoms with E-state index in [2.05, 4.69) is 94.3 Å². The number of anilines is 8. The summed E-state index contributed by atoms with van der Waals surface area (Å²) in [6.45, 7) is 0. The molecule has 4 heterocycles. The first-order valence-corrected chi connectivity index (χ1v) is 39.9. The smallest absolute Gasteiger partial charge is 0.259 e. The first-order valence-electron chi connectivity index (χ1n) is 37.2. The topological polar surface area (TPSA) is 402 Å². The van der Waals surface area contributed by atoms with E-state index in [1.54, 1.807) is 158 Å². The fourth-order valence-electron chi connectivity index (χ4n) is 11.0. The highest BCUT2D eigenvalue weighted by Gasteiger charge is 2.25. The van der Waals surface area contributed by atoms with Crippen molar-refractivity contribution in [2.75, 3.05) is 106 Å². The Kier molecular flexibility index (Phi) is 33.8. The van der Waals surface area contributed by atoms with Crippen LogP contribution in [0.25, 0.3) is 0 Å². The summed E-state index contributed by atoms with van der Waals surface area (Å²) in [5, 5.41) is 53.6. The van der Waals surface area contributed by atoms with Gasteiger partial charge in [0.05, 0.1) is 78.8 Å². The Balaban J connectivity index is 0.000000191. The van der Waals surface area contributed by atoms with Gasteiger partial charge in [0.25, 0.3) is 47.3 Å². The fourth-order valence-corrected chi connectivity index (χ4v) is 11.9. The van der Waals surface area contributed by atoms with Crippen molar-refractivity contribution < 1.29 is 60.7 Å². The molecule has 0 aliphatic rings. The number of carbonyl (C=O) groups is 8. The maximum Gasteiger partial charge on any atom is 0.259 e. The zero-order valence-corrected chi connectivity index (χ0v) is 74.0. The molecule has 0 radical (unpaired) electrons. The van der Waals surface area contributed by atoms with Crippen molar-refractivity contribution in [2.24, 2.45) is 0 Å². The highest BCUT2D eigenvalue weighted by atomic mass is 79.9. The summed E-state index contributed by atoms with van der Waals surface area (Å²) in [4.78, 5) is 124. The van der Waals surface area contributed by atoms with Gasteiger partial charge in [-0.2, -0.15) is 0 Å². The second kappa shape index (κ2) is 44.6. The number of para-hydroxylation sites is 1. The standard InChI is InChI=1S/C23H21ClFN5O3.2C22H19BrFN5O2.C22H18Cl2FN5O2/c1-30(2)21(26)13-4-7-16(18(25)10-13)22(31)28-19-8-6-15(33-3)11-17(19)23(32)29-20-9-5-14(24)12-27-20;1-29(2)20(25)13-3-5-14(6-4-13)21(30)27-18-9-8-16(24)11-17(18)22(31)28-19-10-7-15(23)12-26-19;1-29(2)20(25)13-7-9-15(17(24)11-13)21(30)27-18-6-4-3-5-16(18)22(31)28-19-10-8-14(23)12-26-19;1-30(2)20(26)12-3-6-15(17(25)9-12)21(31)28-18-7-4-13(23)10-16(18)22(32)29-19-8-5-14(24)11-27-19/h4-12,26H,1-3H3,(H,28,31)(H,27,29,32);2*3-12,25H,1-2H3,(H,27,30)(H,26,28,31);3-11,26H,1-2H3,(H,28,31)(H,27,29,32). The van der Waals surface area contributed by atoms with Gasteiger partial charge in [0, 0.05) is 123 Å². The van der Waals surface area contributed by atoms with Crippen molar-refractivity contribution in [2.45, 2.75) is 0 Å². The average Bonchev–Trinajstić information content (AvgIpc) is 0.810. The van der Waals surface area contributed by atoms with Gasteiger partial charge >= 0.3 is 0 Å². The number of aromatic nitrogens is 4. The predicted molar refractivity (Wildman–Crippen MR) is 491 cm³/mol. The lowest BCUT2D eigenvalue weighted by atomic mass is 10.1. The maximum atomic E-state index is 14.6. The molecule has 29 nitrogen and oxygen atoms in total. The van der Waals surface area contributed by atoms with E-state index in [0.717, 1.165) is 39.3 Å². The zero-order valence-electron chi connectivity index (χ0n) is 68.6. The number of rotatable bonds is 21. The second-order valence-corrected chi connectivity index (χ2v) is 30.7. The molecule has 0 fully saturated rings. The average molecular weight is 1910 g/mol. The molecule has 127 heavy (non-hydrogen) atoms. The lowest BCUT2D eigenvalue weighted by Crippen LogP contribution is -2.23. The van der Waals surface area contributed by atoms with Gasteiger partial charge in [-0.15, -0.1) is 0 Å². The number of nitrogens with zero attached hydrogens (tertiary/aromatic N) is 8. The van der Waals surface area contributed by atoms with Gasteiger partial charge in [-0.3, -0.25) is 60.0 Å². The molecule has 12 N–H and O–H groups in total. The SMILES string of the molecule is CN(C)C(=N)c1ccc(C(=O)Nc2ccc(Cl)cc2C(=O)Nc2ccc(Cl)cn2)c(F)c1.CN(C)C(=N)c1ccc(C(=O)Nc2ccc(F)cc2C(=O)Nc2ccc(Br)cn2)cc1.CN(C)C(=N)c1ccc(C(=O)Nc2ccccc2C(=O)Nc2ccc(Br)cn2)c(F)c1.COc1ccc(NC(=O)c2ccc(C(=N)N(C)C)cc2F)c(C(=O)Nc2ccc(Cl)cn2)c1. The molecule has 650 valence electrons. The van der Waals surface area contributed by atoms with Gasteiger partial charge < -0.3 is 66.9 Å². The Morgan fingerprint density at radius 1 is 0.307 bits per heavy atom. The molecular formula is C89H77Br2Cl3F4N20O9. The Labute approximate surface area is 757 Å². The van der Waals surface area contributed by atoms with Crippen LogP contribution in [-0.2, 0) is 0 Å². The Bertz CT molecular complexity index is 6190. The van der Waals surface area contributed by atoms with E-state index in [1.165, 1.54) is 125 Å². The number of carbonyl (C=O) groups excluding carboxylic acids is 8. The van der Waals surface area contributed by atoms with E-state index in [9.17, 15) is 55.9 Å². The Morgan fingerprint density at radius 3 is 0.984 bits per heavy atom. The lowest BCUT2D eigenvalue weighted by molar-refractivity contribution is 0.100. The highest BCUT2D eigenvalue weighted by molar-refractivity contribution is 9.10. The van der Waals surface area contributed by atoms with E-state index in [4.69, 9.17) is 61.2 Å². The van der Waals surface area contributed by atoms with Gasteiger partial charge in [-0.05, 0) is 196 Å². The first kappa shape index (κ1) is 96.2. The molecular weight excluding hydrogens is 1840 g/mol. The number of halogens is 9. The Hall–Kier alpha value is -14.7. The van der Waals surface area contributed by atoms with Gasteiger partial charge in [-0.25, -0.2) is 37.5 Å². The van der Waals surface area contributed by atoms with Crippen molar-refractivity contribution in [3.8, 4) is 5.75 Å². The first-order chi connectivity index (χ1) is 60.3. The minimum absolute atomic E-state index is 0.0379. The van der Waals surface area contributed by atoms with Crippen LogP contribution in [-0.4, -0.2) is 174 Å². The summed E-state index contributed by atoms with van der Waals surface area (Å²) >= 11 is 24.2. The zero-order chi connectivity index (χ0) is 92.6. The molecule has 38 heteroatoms. The largest absolute Gasteiger partial charge is 0.497 e. The van der Waals surface area contributed by atoms with Crippen LogP contribution < -0.4 is 47.3 Å². The molecule has 8 aromatic carbocycles. The number of nitrogens with one attached hydrogen (secondary N) is 12. The van der Waals surface area contributed by atoms with E-state index in [-0.39, 0.29) is 102 Å². The molecule has 0 saturated carbocycles. The van der Waals surface area contributed by atoms with E-state index in [0.29, 0.717) is 55.3 Å². The third kappa shape index (κ3) is 26.9. The molecule has 4 aromatic heterocycles. The molecule has 0 atom stereocenters. The van der Waals surface area contributed by atoms with Crippen LogP contribution in [0.15, 0.2) is 240 Å². The number of benzene rings is 8. The number of amides is 8. The van der Waals surface area contributed by atoms with Crippen LogP contribution in [0.5, 0.6) is 5.75 Å².